The first-order chi connectivity index (χ1) is 7.74. The second kappa shape index (κ2) is 5.74. The van der Waals surface area contributed by atoms with Gasteiger partial charge < -0.3 is 15.0 Å². The summed E-state index contributed by atoms with van der Waals surface area (Å²) in [5, 5.41) is 3.18. The Bertz CT molecular complexity index is 332. The number of halogens is 1. The molecule has 1 N–H and O–H groups in total. The zero-order valence-corrected chi connectivity index (χ0v) is 11.3. The number of anilines is 1. The van der Waals surface area contributed by atoms with E-state index in [0.717, 1.165) is 29.8 Å². The van der Waals surface area contributed by atoms with E-state index in [1.807, 2.05) is 0 Å². The van der Waals surface area contributed by atoms with Crippen LogP contribution in [0, 0.1) is 3.57 Å². The minimum Gasteiger partial charge on any atom is -0.374 e. The maximum Gasteiger partial charge on any atom is 0.222 e. The third-order valence-electron chi connectivity index (χ3n) is 2.45. The average molecular weight is 334 g/mol. The largest absolute Gasteiger partial charge is 0.374 e. The minimum absolute atomic E-state index is 0.224. The molecule has 1 atom stereocenters. The Balaban J connectivity index is 1.80. The zero-order valence-electron chi connectivity index (χ0n) is 9.19. The molecular formula is C10H15IN4O. The summed E-state index contributed by atoms with van der Waals surface area (Å²) in [6.07, 6.45) is 3.81. The van der Waals surface area contributed by atoms with E-state index in [9.17, 15) is 0 Å². The van der Waals surface area contributed by atoms with E-state index < -0.39 is 0 Å². The monoisotopic (exact) mass is 334 g/mol. The van der Waals surface area contributed by atoms with E-state index in [4.69, 9.17) is 4.74 Å². The molecule has 2 heterocycles. The van der Waals surface area contributed by atoms with Crippen LogP contribution in [0.15, 0.2) is 12.4 Å². The molecule has 2 rings (SSSR count). The van der Waals surface area contributed by atoms with Gasteiger partial charge in [0.05, 0.1) is 12.7 Å². The fraction of sp³-hybridized carbons (Fsp3) is 0.600. The van der Waals surface area contributed by atoms with Crippen LogP contribution in [0.25, 0.3) is 0 Å². The van der Waals surface area contributed by atoms with Gasteiger partial charge in [-0.2, -0.15) is 0 Å². The van der Waals surface area contributed by atoms with Crippen LogP contribution in [0.2, 0.25) is 0 Å². The van der Waals surface area contributed by atoms with Crippen LogP contribution in [-0.2, 0) is 4.74 Å². The predicted octanol–water partition coefficient (Wildman–Crippen LogP) is 0.824. The molecule has 1 aliphatic rings. The van der Waals surface area contributed by atoms with E-state index in [1.165, 1.54) is 0 Å². The standard InChI is InChI=1S/C10H15IN4O/c1-15-2-3-16-9(7-15)6-14-10-12-4-8(11)5-13-10/h4-5,9H,2-3,6-7H2,1H3,(H,12,13,14). The van der Waals surface area contributed by atoms with Gasteiger partial charge in [-0.05, 0) is 29.6 Å². The van der Waals surface area contributed by atoms with E-state index in [2.05, 4.69) is 49.8 Å². The maximum absolute atomic E-state index is 5.63. The van der Waals surface area contributed by atoms with Crippen molar-refractivity contribution in [3.8, 4) is 0 Å². The second-order valence-electron chi connectivity index (χ2n) is 3.86. The first-order valence-electron chi connectivity index (χ1n) is 5.25. The molecule has 1 fully saturated rings. The van der Waals surface area contributed by atoms with Gasteiger partial charge in [0.25, 0.3) is 0 Å². The van der Waals surface area contributed by atoms with Crippen LogP contribution in [0.1, 0.15) is 0 Å². The first kappa shape index (κ1) is 12.0. The molecule has 1 saturated heterocycles. The summed E-state index contributed by atoms with van der Waals surface area (Å²) in [6.45, 7) is 3.52. The van der Waals surface area contributed by atoms with Crippen molar-refractivity contribution >= 4 is 28.5 Å². The molecule has 0 saturated carbocycles. The van der Waals surface area contributed by atoms with Crippen molar-refractivity contribution in [1.82, 2.24) is 14.9 Å². The third-order valence-corrected chi connectivity index (χ3v) is 3.01. The number of ether oxygens (including phenoxy) is 1. The number of aromatic nitrogens is 2. The highest BCUT2D eigenvalue weighted by Gasteiger charge is 2.17. The average Bonchev–Trinajstić information content (AvgIpc) is 2.28. The molecule has 16 heavy (non-hydrogen) atoms. The number of hydrogen-bond donors (Lipinski definition) is 1. The Kier molecular flexibility index (Phi) is 4.30. The van der Waals surface area contributed by atoms with Crippen molar-refractivity contribution in [2.45, 2.75) is 6.10 Å². The van der Waals surface area contributed by atoms with Crippen LogP contribution in [0.3, 0.4) is 0 Å². The van der Waals surface area contributed by atoms with Crippen LogP contribution in [-0.4, -0.2) is 54.3 Å². The van der Waals surface area contributed by atoms with Gasteiger partial charge in [-0.1, -0.05) is 0 Å². The molecule has 1 unspecified atom stereocenters. The number of nitrogens with zero attached hydrogens (tertiary/aromatic N) is 3. The Hall–Kier alpha value is -0.470. The second-order valence-corrected chi connectivity index (χ2v) is 5.11. The molecule has 0 amide bonds. The topological polar surface area (TPSA) is 50.3 Å². The molecule has 88 valence electrons. The van der Waals surface area contributed by atoms with Gasteiger partial charge in [0.15, 0.2) is 0 Å². The van der Waals surface area contributed by atoms with Crippen LogP contribution < -0.4 is 5.32 Å². The molecule has 0 radical (unpaired) electrons. The number of hydrogen-bond acceptors (Lipinski definition) is 5. The van der Waals surface area contributed by atoms with Gasteiger partial charge in [0, 0.05) is 35.6 Å². The summed E-state index contributed by atoms with van der Waals surface area (Å²) < 4.78 is 6.67. The Morgan fingerprint density at radius 1 is 1.56 bits per heavy atom. The van der Waals surface area contributed by atoms with Crippen molar-refractivity contribution in [2.75, 3.05) is 38.6 Å². The quantitative estimate of drug-likeness (QED) is 0.830. The lowest BCUT2D eigenvalue weighted by Crippen LogP contribution is -2.43. The summed E-state index contributed by atoms with van der Waals surface area (Å²) in [5.41, 5.74) is 0. The molecule has 1 aromatic heterocycles. The van der Waals surface area contributed by atoms with Gasteiger partial charge in [-0.25, -0.2) is 9.97 Å². The highest BCUT2D eigenvalue weighted by Crippen LogP contribution is 2.06. The molecule has 1 aliphatic heterocycles. The molecule has 0 bridgehead atoms. The Morgan fingerprint density at radius 3 is 3.00 bits per heavy atom. The predicted molar refractivity (Wildman–Crippen MR) is 70.5 cm³/mol. The van der Waals surface area contributed by atoms with E-state index >= 15 is 0 Å². The van der Waals surface area contributed by atoms with Gasteiger partial charge in [-0.15, -0.1) is 0 Å². The molecule has 0 aromatic carbocycles. The lowest BCUT2D eigenvalue weighted by Gasteiger charge is -2.30. The lowest BCUT2D eigenvalue weighted by atomic mass is 10.3. The van der Waals surface area contributed by atoms with Gasteiger partial charge in [0.2, 0.25) is 5.95 Å². The molecule has 1 aromatic rings. The fourth-order valence-corrected chi connectivity index (χ4v) is 1.88. The fourth-order valence-electron chi connectivity index (χ4n) is 1.60. The van der Waals surface area contributed by atoms with E-state index in [-0.39, 0.29) is 6.10 Å². The third kappa shape index (κ3) is 3.53. The van der Waals surface area contributed by atoms with Crippen molar-refractivity contribution in [3.63, 3.8) is 0 Å². The van der Waals surface area contributed by atoms with Crippen LogP contribution in [0.4, 0.5) is 5.95 Å². The number of likely N-dealkylation sites (N-methyl/N-ethyl adjacent to an activating group) is 1. The zero-order chi connectivity index (χ0) is 11.4. The lowest BCUT2D eigenvalue weighted by molar-refractivity contribution is -0.0117. The summed E-state index contributed by atoms with van der Waals surface area (Å²) in [7, 11) is 2.11. The molecular weight excluding hydrogens is 319 g/mol. The van der Waals surface area contributed by atoms with E-state index in [1.54, 1.807) is 12.4 Å². The van der Waals surface area contributed by atoms with Crippen molar-refractivity contribution in [3.05, 3.63) is 16.0 Å². The maximum atomic E-state index is 5.63. The van der Waals surface area contributed by atoms with E-state index in [0.29, 0.717) is 5.95 Å². The minimum atomic E-state index is 0.224. The summed E-state index contributed by atoms with van der Waals surface area (Å²) in [5.74, 6) is 0.664. The SMILES string of the molecule is CN1CCOC(CNc2ncc(I)cn2)C1. The molecule has 0 spiro atoms. The summed E-state index contributed by atoms with van der Waals surface area (Å²) in [4.78, 5) is 10.6. The highest BCUT2D eigenvalue weighted by molar-refractivity contribution is 14.1. The van der Waals surface area contributed by atoms with Gasteiger partial charge in [-0.3, -0.25) is 0 Å². The normalized spacial score (nSPS) is 22.0. The Morgan fingerprint density at radius 2 is 2.31 bits per heavy atom. The highest BCUT2D eigenvalue weighted by atomic mass is 127. The van der Waals surface area contributed by atoms with Crippen LogP contribution in [0.5, 0.6) is 0 Å². The number of rotatable bonds is 3. The molecule has 0 aliphatic carbocycles. The number of morpholine rings is 1. The van der Waals surface area contributed by atoms with Crippen molar-refractivity contribution in [2.24, 2.45) is 0 Å². The summed E-state index contributed by atoms with van der Waals surface area (Å²) >= 11 is 2.19. The van der Waals surface area contributed by atoms with Crippen molar-refractivity contribution < 1.29 is 4.74 Å². The number of nitrogens with one attached hydrogen (secondary N) is 1. The van der Waals surface area contributed by atoms with Gasteiger partial charge in [0.1, 0.15) is 0 Å². The Labute approximate surface area is 109 Å². The van der Waals surface area contributed by atoms with Gasteiger partial charge >= 0.3 is 0 Å². The molecule has 6 heteroatoms. The molecule has 5 nitrogen and oxygen atoms in total. The summed E-state index contributed by atoms with van der Waals surface area (Å²) in [6, 6.07) is 0. The van der Waals surface area contributed by atoms with Crippen LogP contribution >= 0.6 is 22.6 Å². The van der Waals surface area contributed by atoms with Crippen molar-refractivity contribution in [1.29, 1.82) is 0 Å². The smallest absolute Gasteiger partial charge is 0.222 e. The first-order valence-corrected chi connectivity index (χ1v) is 6.33.